The molecule has 0 saturated heterocycles. The Morgan fingerprint density at radius 2 is 1.92 bits per heavy atom. The third kappa shape index (κ3) is 4.20. The van der Waals surface area contributed by atoms with Gasteiger partial charge in [-0.1, -0.05) is 38.1 Å². The zero-order chi connectivity index (χ0) is 17.8. The second-order valence-corrected chi connectivity index (χ2v) is 7.16. The van der Waals surface area contributed by atoms with Crippen LogP contribution in [-0.4, -0.2) is 21.6 Å². The summed E-state index contributed by atoms with van der Waals surface area (Å²) in [5.41, 5.74) is 1.82. The zero-order valence-corrected chi connectivity index (χ0v) is 14.9. The van der Waals surface area contributed by atoms with Gasteiger partial charge in [-0.05, 0) is 30.2 Å². The fourth-order valence-electron chi connectivity index (χ4n) is 2.59. The maximum absolute atomic E-state index is 13.6. The predicted octanol–water partition coefficient (Wildman–Crippen LogP) is 4.31. The van der Waals surface area contributed by atoms with Gasteiger partial charge in [-0.25, -0.2) is 9.37 Å². The molecule has 3 aromatic rings. The molecule has 1 heterocycles. The molecule has 130 valence electrons. The van der Waals surface area contributed by atoms with E-state index in [0.29, 0.717) is 4.90 Å². The van der Waals surface area contributed by atoms with Gasteiger partial charge in [-0.3, -0.25) is 4.79 Å². The van der Waals surface area contributed by atoms with E-state index in [2.05, 4.69) is 15.3 Å². The lowest BCUT2D eigenvalue weighted by Crippen LogP contribution is -2.33. The highest BCUT2D eigenvalue weighted by molar-refractivity contribution is 8.00. The second kappa shape index (κ2) is 7.70. The molecule has 4 nitrogen and oxygen atoms in total. The lowest BCUT2D eigenvalue weighted by Gasteiger charge is -2.20. The summed E-state index contributed by atoms with van der Waals surface area (Å²) in [5, 5.41) is 3.01. The normalized spacial score (nSPS) is 12.5. The number of nitrogens with one attached hydrogen (secondary N) is 2. The number of hydrogen-bond donors (Lipinski definition) is 2. The Hall–Kier alpha value is -2.34. The molecule has 0 aliphatic heterocycles. The maximum Gasteiger partial charge on any atom is 0.230 e. The lowest BCUT2D eigenvalue weighted by atomic mass is 10.0. The quantitative estimate of drug-likeness (QED) is 0.647. The molecule has 0 saturated carbocycles. The summed E-state index contributed by atoms with van der Waals surface area (Å²) in [5.74, 6) is 0.610. The highest BCUT2D eigenvalue weighted by Gasteiger charge is 2.22. The molecule has 1 aromatic heterocycles. The molecule has 1 atom stereocenters. The number of rotatable bonds is 6. The van der Waals surface area contributed by atoms with E-state index in [1.165, 1.54) is 17.8 Å². The van der Waals surface area contributed by atoms with Gasteiger partial charge in [0.15, 0.2) is 0 Å². The maximum atomic E-state index is 13.6. The SMILES string of the molecule is CC(C)C(NC(=O)CSc1ccccc1F)c1nc2ccccc2[nH]1. The molecule has 0 aliphatic rings. The lowest BCUT2D eigenvalue weighted by molar-refractivity contribution is -0.119. The molecule has 0 aliphatic carbocycles. The van der Waals surface area contributed by atoms with Gasteiger partial charge >= 0.3 is 0 Å². The van der Waals surface area contributed by atoms with Crippen LogP contribution in [0.15, 0.2) is 53.4 Å². The number of carbonyl (C=O) groups is 1. The van der Waals surface area contributed by atoms with E-state index in [0.717, 1.165) is 16.9 Å². The first kappa shape index (κ1) is 17.5. The summed E-state index contributed by atoms with van der Waals surface area (Å²) < 4.78 is 13.6. The van der Waals surface area contributed by atoms with Crippen molar-refractivity contribution in [3.8, 4) is 0 Å². The molecule has 25 heavy (non-hydrogen) atoms. The molecule has 2 N–H and O–H groups in total. The average molecular weight is 357 g/mol. The average Bonchev–Trinajstić information content (AvgIpc) is 3.02. The van der Waals surface area contributed by atoms with Crippen LogP contribution in [0.3, 0.4) is 0 Å². The summed E-state index contributed by atoms with van der Waals surface area (Å²) in [7, 11) is 0. The minimum Gasteiger partial charge on any atom is -0.345 e. The number of carbonyl (C=O) groups excluding carboxylic acids is 1. The van der Waals surface area contributed by atoms with Crippen LogP contribution in [0.5, 0.6) is 0 Å². The standard InChI is InChI=1S/C19H20FN3OS/c1-12(2)18(19-21-14-8-4-5-9-15(14)22-19)23-17(24)11-25-16-10-6-3-7-13(16)20/h3-10,12,18H,11H2,1-2H3,(H,21,22)(H,23,24). The first-order valence-corrected chi connectivity index (χ1v) is 9.14. The van der Waals surface area contributed by atoms with Crippen LogP contribution in [0.4, 0.5) is 4.39 Å². The number of aromatic amines is 1. The Balaban J connectivity index is 1.69. The molecule has 0 bridgehead atoms. The number of para-hydroxylation sites is 2. The van der Waals surface area contributed by atoms with Gasteiger partial charge in [0.2, 0.25) is 5.91 Å². The summed E-state index contributed by atoms with van der Waals surface area (Å²) in [6.45, 7) is 4.06. The Bertz CT molecular complexity index is 845. The molecular formula is C19H20FN3OS. The third-order valence-electron chi connectivity index (χ3n) is 3.88. The van der Waals surface area contributed by atoms with Crippen molar-refractivity contribution >= 4 is 28.7 Å². The minimum absolute atomic E-state index is 0.146. The predicted molar refractivity (Wildman–Crippen MR) is 98.9 cm³/mol. The summed E-state index contributed by atoms with van der Waals surface area (Å²) >= 11 is 1.19. The molecule has 3 rings (SSSR count). The van der Waals surface area contributed by atoms with Gasteiger partial charge in [0, 0.05) is 4.90 Å². The van der Waals surface area contributed by atoms with Gasteiger partial charge in [0.25, 0.3) is 0 Å². The fraction of sp³-hybridized carbons (Fsp3) is 0.263. The zero-order valence-electron chi connectivity index (χ0n) is 14.1. The molecule has 2 aromatic carbocycles. The Morgan fingerprint density at radius 1 is 1.20 bits per heavy atom. The topological polar surface area (TPSA) is 57.8 Å². The first-order valence-electron chi connectivity index (χ1n) is 8.16. The van der Waals surface area contributed by atoms with Crippen LogP contribution in [-0.2, 0) is 4.79 Å². The number of halogens is 1. The van der Waals surface area contributed by atoms with Crippen molar-refractivity contribution in [2.45, 2.75) is 24.8 Å². The number of amides is 1. The summed E-state index contributed by atoms with van der Waals surface area (Å²) in [6, 6.07) is 14.0. The molecule has 6 heteroatoms. The number of benzene rings is 2. The van der Waals surface area contributed by atoms with Gasteiger partial charge in [-0.2, -0.15) is 0 Å². The van der Waals surface area contributed by atoms with Crippen LogP contribution in [0, 0.1) is 11.7 Å². The van der Waals surface area contributed by atoms with Crippen LogP contribution in [0.2, 0.25) is 0 Å². The highest BCUT2D eigenvalue weighted by atomic mass is 32.2. The highest BCUT2D eigenvalue weighted by Crippen LogP contribution is 2.24. The van der Waals surface area contributed by atoms with Crippen molar-refractivity contribution < 1.29 is 9.18 Å². The number of H-pyrrole nitrogens is 1. The largest absolute Gasteiger partial charge is 0.345 e. The molecular weight excluding hydrogens is 337 g/mol. The Kier molecular flexibility index (Phi) is 5.38. The van der Waals surface area contributed by atoms with E-state index in [1.807, 2.05) is 38.1 Å². The Morgan fingerprint density at radius 3 is 2.64 bits per heavy atom. The summed E-state index contributed by atoms with van der Waals surface area (Å²) in [6.07, 6.45) is 0. The molecule has 0 spiro atoms. The van der Waals surface area contributed by atoms with Crippen molar-refractivity contribution in [3.63, 3.8) is 0 Å². The number of thioether (sulfide) groups is 1. The van der Waals surface area contributed by atoms with Crippen molar-refractivity contribution in [1.29, 1.82) is 0 Å². The number of nitrogens with zero attached hydrogens (tertiary/aromatic N) is 1. The van der Waals surface area contributed by atoms with Crippen molar-refractivity contribution in [1.82, 2.24) is 15.3 Å². The summed E-state index contributed by atoms with van der Waals surface area (Å²) in [4.78, 5) is 20.7. The smallest absolute Gasteiger partial charge is 0.230 e. The van der Waals surface area contributed by atoms with E-state index < -0.39 is 0 Å². The third-order valence-corrected chi connectivity index (χ3v) is 4.93. The van der Waals surface area contributed by atoms with Crippen molar-refractivity contribution in [3.05, 3.63) is 60.2 Å². The molecule has 0 radical (unpaired) electrons. The minimum atomic E-state index is -0.307. The van der Waals surface area contributed by atoms with E-state index in [9.17, 15) is 9.18 Å². The Labute approximate surface area is 150 Å². The van der Waals surface area contributed by atoms with Crippen LogP contribution >= 0.6 is 11.8 Å². The molecule has 1 amide bonds. The van der Waals surface area contributed by atoms with Gasteiger partial charge < -0.3 is 10.3 Å². The number of imidazole rings is 1. The van der Waals surface area contributed by atoms with E-state index in [4.69, 9.17) is 0 Å². The van der Waals surface area contributed by atoms with Gasteiger partial charge in [0.1, 0.15) is 11.6 Å². The number of fused-ring (bicyclic) bond motifs is 1. The second-order valence-electron chi connectivity index (χ2n) is 6.15. The first-order chi connectivity index (χ1) is 12.0. The van der Waals surface area contributed by atoms with E-state index in [-0.39, 0.29) is 29.4 Å². The fourth-order valence-corrected chi connectivity index (χ4v) is 3.34. The van der Waals surface area contributed by atoms with Crippen molar-refractivity contribution in [2.75, 3.05) is 5.75 Å². The monoisotopic (exact) mass is 357 g/mol. The van der Waals surface area contributed by atoms with E-state index >= 15 is 0 Å². The van der Waals surface area contributed by atoms with Crippen molar-refractivity contribution in [2.24, 2.45) is 5.92 Å². The van der Waals surface area contributed by atoms with Gasteiger partial charge in [-0.15, -0.1) is 11.8 Å². The van der Waals surface area contributed by atoms with Crippen LogP contribution < -0.4 is 5.32 Å². The van der Waals surface area contributed by atoms with Crippen LogP contribution in [0.1, 0.15) is 25.7 Å². The molecule has 0 fully saturated rings. The van der Waals surface area contributed by atoms with Gasteiger partial charge in [0.05, 0.1) is 22.8 Å². The number of hydrogen-bond acceptors (Lipinski definition) is 3. The van der Waals surface area contributed by atoms with E-state index in [1.54, 1.807) is 18.2 Å². The molecule has 1 unspecified atom stereocenters. The number of aromatic nitrogens is 2. The van der Waals surface area contributed by atoms with Crippen LogP contribution in [0.25, 0.3) is 11.0 Å².